The van der Waals surface area contributed by atoms with E-state index in [1.54, 1.807) is 0 Å². The molecule has 0 saturated heterocycles. The first kappa shape index (κ1) is 21.5. The number of H-pyrrole nitrogens is 1. The van der Waals surface area contributed by atoms with E-state index in [9.17, 15) is 0 Å². The van der Waals surface area contributed by atoms with Gasteiger partial charge in [0.1, 0.15) is 5.15 Å². The summed E-state index contributed by atoms with van der Waals surface area (Å²) in [6.07, 6.45) is 5.66. The minimum absolute atomic E-state index is 0. The van der Waals surface area contributed by atoms with Gasteiger partial charge in [0.15, 0.2) is 5.96 Å². The quantitative estimate of drug-likeness (QED) is 0.199. The molecule has 0 aliphatic carbocycles. The van der Waals surface area contributed by atoms with Gasteiger partial charge < -0.3 is 15.6 Å². The fourth-order valence-electron chi connectivity index (χ4n) is 2.85. The van der Waals surface area contributed by atoms with Gasteiger partial charge in [0, 0.05) is 42.9 Å². The number of fused-ring (bicyclic) bond motifs is 1. The molecule has 0 atom stereocenters. The zero-order valence-corrected chi connectivity index (χ0v) is 18.4. The highest BCUT2D eigenvalue weighted by Crippen LogP contribution is 2.17. The van der Waals surface area contributed by atoms with Crippen molar-refractivity contribution in [1.29, 1.82) is 0 Å². The lowest BCUT2D eigenvalue weighted by Gasteiger charge is -2.11. The second-order valence-electron chi connectivity index (χ2n) is 6.04. The van der Waals surface area contributed by atoms with E-state index in [-0.39, 0.29) is 24.0 Å². The Kier molecular flexibility index (Phi) is 8.87. The summed E-state index contributed by atoms with van der Waals surface area (Å²) in [5.74, 6) is 0.842. The molecule has 0 saturated carbocycles. The zero-order chi connectivity index (χ0) is 18.2. The molecule has 5 nitrogen and oxygen atoms in total. The molecule has 0 unspecified atom stereocenters. The lowest BCUT2D eigenvalue weighted by Crippen LogP contribution is -2.38. The van der Waals surface area contributed by atoms with E-state index in [2.05, 4.69) is 56.9 Å². The van der Waals surface area contributed by atoms with Gasteiger partial charge in [-0.1, -0.05) is 35.9 Å². The molecule has 2 aromatic heterocycles. The van der Waals surface area contributed by atoms with Crippen molar-refractivity contribution >= 4 is 52.4 Å². The van der Waals surface area contributed by atoms with Crippen molar-refractivity contribution in [2.45, 2.75) is 19.8 Å². The number of guanidine groups is 1. The van der Waals surface area contributed by atoms with Crippen LogP contribution in [-0.4, -0.2) is 35.6 Å². The van der Waals surface area contributed by atoms with Gasteiger partial charge in [-0.2, -0.15) is 0 Å². The lowest BCUT2D eigenvalue weighted by molar-refractivity contribution is 0.795. The molecule has 0 spiro atoms. The van der Waals surface area contributed by atoms with E-state index in [0.717, 1.165) is 44.0 Å². The minimum Gasteiger partial charge on any atom is -0.361 e. The van der Waals surface area contributed by atoms with Gasteiger partial charge in [-0.15, -0.1) is 24.0 Å². The molecule has 0 aliphatic heterocycles. The first-order valence-corrected chi connectivity index (χ1v) is 9.31. The number of aromatic nitrogens is 2. The molecule has 3 aromatic rings. The van der Waals surface area contributed by atoms with Crippen LogP contribution in [0.3, 0.4) is 0 Å². The fraction of sp³-hybridized carbons (Fsp3) is 0.300. The SMILES string of the molecule is CCNC(=NCCc1c[nH]c2ccccc12)NCCc1ccc(Cl)nc1.I. The van der Waals surface area contributed by atoms with Gasteiger partial charge in [-0.05, 0) is 43.0 Å². The van der Waals surface area contributed by atoms with Crippen LogP contribution in [0.5, 0.6) is 0 Å². The number of halogens is 2. The number of aromatic amines is 1. The molecule has 27 heavy (non-hydrogen) atoms. The monoisotopic (exact) mass is 497 g/mol. The maximum absolute atomic E-state index is 5.82. The zero-order valence-electron chi connectivity index (χ0n) is 15.3. The van der Waals surface area contributed by atoms with Crippen LogP contribution in [0.15, 0.2) is 53.8 Å². The summed E-state index contributed by atoms with van der Waals surface area (Å²) in [5.41, 5.74) is 3.62. The molecule has 7 heteroatoms. The van der Waals surface area contributed by atoms with Crippen LogP contribution in [-0.2, 0) is 12.8 Å². The Morgan fingerprint density at radius 1 is 1.15 bits per heavy atom. The van der Waals surface area contributed by atoms with Crippen molar-refractivity contribution < 1.29 is 0 Å². The van der Waals surface area contributed by atoms with Crippen molar-refractivity contribution in [3.63, 3.8) is 0 Å². The summed E-state index contributed by atoms with van der Waals surface area (Å²) in [6.45, 7) is 4.43. The molecule has 144 valence electrons. The second kappa shape index (κ2) is 11.1. The van der Waals surface area contributed by atoms with E-state index in [1.807, 2.05) is 24.4 Å². The van der Waals surface area contributed by atoms with Gasteiger partial charge >= 0.3 is 0 Å². The van der Waals surface area contributed by atoms with E-state index in [4.69, 9.17) is 11.6 Å². The highest BCUT2D eigenvalue weighted by Gasteiger charge is 2.03. The number of aliphatic imine (C=N–C) groups is 1. The average Bonchev–Trinajstić information content (AvgIpc) is 3.07. The number of para-hydroxylation sites is 1. The highest BCUT2D eigenvalue weighted by molar-refractivity contribution is 14.0. The third kappa shape index (κ3) is 6.39. The summed E-state index contributed by atoms with van der Waals surface area (Å²) < 4.78 is 0. The van der Waals surface area contributed by atoms with Crippen LogP contribution in [0.2, 0.25) is 5.15 Å². The first-order valence-electron chi connectivity index (χ1n) is 8.94. The Bertz CT molecular complexity index is 860. The summed E-state index contributed by atoms with van der Waals surface area (Å²) in [6, 6.07) is 12.2. The van der Waals surface area contributed by atoms with Crippen LogP contribution in [0.25, 0.3) is 10.9 Å². The van der Waals surface area contributed by atoms with Gasteiger partial charge in [0.05, 0.1) is 0 Å². The molecule has 0 aliphatic rings. The van der Waals surface area contributed by atoms with E-state index >= 15 is 0 Å². The standard InChI is InChI=1S/C20H24ClN5.HI/c1-2-22-20(23-11-9-15-7-8-19(21)26-13-15)24-12-10-16-14-25-18-6-4-3-5-17(16)18;/h3-8,13-14,25H,2,9-12H2,1H3,(H2,22,23,24);1H. The molecule has 2 heterocycles. The molecule has 1 aromatic carbocycles. The van der Waals surface area contributed by atoms with Crippen molar-refractivity contribution in [3.8, 4) is 0 Å². The molecule has 3 rings (SSSR count). The van der Waals surface area contributed by atoms with Gasteiger partial charge in [0.2, 0.25) is 0 Å². The summed E-state index contributed by atoms with van der Waals surface area (Å²) in [7, 11) is 0. The van der Waals surface area contributed by atoms with Gasteiger partial charge in [-0.25, -0.2) is 4.98 Å². The van der Waals surface area contributed by atoms with E-state index in [1.165, 1.54) is 16.5 Å². The van der Waals surface area contributed by atoms with Crippen molar-refractivity contribution in [1.82, 2.24) is 20.6 Å². The molecule has 3 N–H and O–H groups in total. The number of hydrogen-bond donors (Lipinski definition) is 3. The summed E-state index contributed by atoms with van der Waals surface area (Å²) in [5, 5.41) is 8.46. The maximum Gasteiger partial charge on any atom is 0.191 e. The average molecular weight is 498 g/mol. The molecular weight excluding hydrogens is 473 g/mol. The Morgan fingerprint density at radius 2 is 2.00 bits per heavy atom. The minimum atomic E-state index is 0. The second-order valence-corrected chi connectivity index (χ2v) is 6.42. The predicted molar refractivity (Wildman–Crippen MR) is 124 cm³/mol. The first-order chi connectivity index (χ1) is 12.8. The third-order valence-corrected chi connectivity index (χ3v) is 4.39. The van der Waals surface area contributed by atoms with E-state index < -0.39 is 0 Å². The Morgan fingerprint density at radius 3 is 2.78 bits per heavy atom. The summed E-state index contributed by atoms with van der Waals surface area (Å²) >= 11 is 5.82. The fourth-order valence-corrected chi connectivity index (χ4v) is 2.96. The van der Waals surface area contributed by atoms with Crippen molar-refractivity contribution in [2.75, 3.05) is 19.6 Å². The Hall–Kier alpha value is -1.80. The topological polar surface area (TPSA) is 65.1 Å². The highest BCUT2D eigenvalue weighted by atomic mass is 127. The molecule has 0 amide bonds. The molecule has 0 radical (unpaired) electrons. The van der Waals surface area contributed by atoms with Crippen LogP contribution in [0, 0.1) is 0 Å². The number of hydrogen-bond acceptors (Lipinski definition) is 2. The van der Waals surface area contributed by atoms with Crippen LogP contribution in [0.4, 0.5) is 0 Å². The Labute approximate surface area is 182 Å². The van der Waals surface area contributed by atoms with Crippen LogP contribution >= 0.6 is 35.6 Å². The largest absolute Gasteiger partial charge is 0.361 e. The normalized spacial score (nSPS) is 11.3. The number of nitrogens with zero attached hydrogens (tertiary/aromatic N) is 2. The number of rotatable bonds is 7. The predicted octanol–water partition coefficient (Wildman–Crippen LogP) is 4.17. The number of pyridine rings is 1. The molecule has 0 bridgehead atoms. The molecule has 0 fully saturated rings. The number of nitrogens with one attached hydrogen (secondary N) is 3. The van der Waals surface area contributed by atoms with Crippen LogP contribution in [0.1, 0.15) is 18.1 Å². The van der Waals surface area contributed by atoms with Crippen molar-refractivity contribution in [3.05, 3.63) is 65.1 Å². The third-order valence-electron chi connectivity index (χ3n) is 4.16. The van der Waals surface area contributed by atoms with Crippen LogP contribution < -0.4 is 10.6 Å². The lowest BCUT2D eigenvalue weighted by atomic mass is 10.1. The smallest absolute Gasteiger partial charge is 0.191 e. The Balaban J connectivity index is 0.00000261. The summed E-state index contributed by atoms with van der Waals surface area (Å²) in [4.78, 5) is 12.1. The van der Waals surface area contributed by atoms with Gasteiger partial charge in [-0.3, -0.25) is 4.99 Å². The number of benzene rings is 1. The molecular formula is C20H25ClIN5. The van der Waals surface area contributed by atoms with Crippen molar-refractivity contribution in [2.24, 2.45) is 4.99 Å². The van der Waals surface area contributed by atoms with E-state index in [0.29, 0.717) is 5.15 Å². The van der Waals surface area contributed by atoms with Gasteiger partial charge in [0.25, 0.3) is 0 Å². The maximum atomic E-state index is 5.82.